The summed E-state index contributed by atoms with van der Waals surface area (Å²) in [6.07, 6.45) is 3.46. The summed E-state index contributed by atoms with van der Waals surface area (Å²) < 4.78 is 15.9. The van der Waals surface area contributed by atoms with Gasteiger partial charge in [-0.1, -0.05) is 36.1 Å². The van der Waals surface area contributed by atoms with Crippen LogP contribution >= 0.6 is 24.0 Å². The van der Waals surface area contributed by atoms with Crippen molar-refractivity contribution in [1.82, 2.24) is 9.47 Å². The highest BCUT2D eigenvalue weighted by Crippen LogP contribution is 2.33. The Kier molecular flexibility index (Phi) is 6.29. The number of aromatic nitrogens is 1. The van der Waals surface area contributed by atoms with Gasteiger partial charge in [-0.25, -0.2) is 4.39 Å². The largest absolute Gasteiger partial charge is 0.481 e. The molecule has 0 saturated carbocycles. The molecule has 3 rings (SSSR count). The van der Waals surface area contributed by atoms with Gasteiger partial charge in [-0.15, -0.1) is 0 Å². The molecule has 6 nitrogen and oxygen atoms in total. The highest BCUT2D eigenvalue weighted by molar-refractivity contribution is 8.26. The Morgan fingerprint density at radius 3 is 2.72 bits per heavy atom. The fourth-order valence-corrected chi connectivity index (χ4v) is 4.16. The van der Waals surface area contributed by atoms with Gasteiger partial charge in [-0.2, -0.15) is 0 Å². The summed E-state index contributed by atoms with van der Waals surface area (Å²) >= 11 is 6.35. The van der Waals surface area contributed by atoms with E-state index in [4.69, 9.17) is 17.3 Å². The molecule has 0 unspecified atom stereocenters. The van der Waals surface area contributed by atoms with Gasteiger partial charge < -0.3 is 9.67 Å². The minimum atomic E-state index is -0.929. The molecule has 0 radical (unpaired) electrons. The number of aryl methyl sites for hydroxylation is 1. The molecule has 1 aliphatic heterocycles. The molecule has 1 amide bonds. The first-order chi connectivity index (χ1) is 13.8. The number of halogens is 1. The topological polar surface area (TPSA) is 79.6 Å². The molecule has 2 heterocycles. The first-order valence-corrected chi connectivity index (χ1v) is 9.93. The molecule has 1 aliphatic rings. The summed E-state index contributed by atoms with van der Waals surface area (Å²) in [5.41, 5.74) is 0.880. The summed E-state index contributed by atoms with van der Waals surface area (Å²) in [7, 11) is 1.72. The number of ketones is 1. The van der Waals surface area contributed by atoms with E-state index in [1.54, 1.807) is 36.0 Å². The number of thiocarbonyl (C=S) groups is 1. The van der Waals surface area contributed by atoms with E-state index in [9.17, 15) is 18.8 Å². The third-order valence-corrected chi connectivity index (χ3v) is 5.73. The predicted octanol–water partition coefficient (Wildman–Crippen LogP) is 3.46. The molecule has 1 saturated heterocycles. The van der Waals surface area contributed by atoms with Crippen LogP contribution in [0, 0.1) is 5.82 Å². The van der Waals surface area contributed by atoms with Crippen LogP contribution in [0.4, 0.5) is 4.39 Å². The highest BCUT2D eigenvalue weighted by Gasteiger charge is 2.32. The zero-order valence-corrected chi connectivity index (χ0v) is 17.1. The number of carbonyl (C=O) groups is 3. The van der Waals surface area contributed by atoms with Gasteiger partial charge in [0, 0.05) is 37.5 Å². The average Bonchev–Trinajstić information content (AvgIpc) is 3.16. The Hall–Kier alpha value is -2.78. The Balaban J connectivity index is 1.80. The second-order valence-electron chi connectivity index (χ2n) is 6.40. The number of amides is 1. The number of thioether (sulfide) groups is 1. The van der Waals surface area contributed by atoms with E-state index in [-0.39, 0.29) is 24.4 Å². The molecule has 0 bridgehead atoms. The van der Waals surface area contributed by atoms with E-state index < -0.39 is 17.6 Å². The lowest BCUT2D eigenvalue weighted by Crippen LogP contribution is -2.29. The second-order valence-corrected chi connectivity index (χ2v) is 8.08. The van der Waals surface area contributed by atoms with E-state index in [1.165, 1.54) is 23.1 Å². The molecule has 2 aromatic rings. The Labute approximate surface area is 176 Å². The van der Waals surface area contributed by atoms with Crippen LogP contribution in [0.2, 0.25) is 0 Å². The minimum absolute atomic E-state index is 0.0191. The number of hydrogen-bond donors (Lipinski definition) is 1. The van der Waals surface area contributed by atoms with Crippen LogP contribution in [0.1, 0.15) is 34.5 Å². The maximum Gasteiger partial charge on any atom is 0.303 e. The molecule has 0 atom stereocenters. The molecular weight excluding hydrogens is 415 g/mol. The van der Waals surface area contributed by atoms with Crippen LogP contribution in [0.15, 0.2) is 41.4 Å². The molecule has 29 heavy (non-hydrogen) atoms. The zero-order valence-electron chi connectivity index (χ0n) is 15.4. The van der Waals surface area contributed by atoms with E-state index >= 15 is 0 Å². The van der Waals surface area contributed by atoms with Crippen molar-refractivity contribution >= 4 is 52.0 Å². The molecule has 9 heteroatoms. The van der Waals surface area contributed by atoms with E-state index in [1.807, 2.05) is 0 Å². The zero-order chi connectivity index (χ0) is 21.1. The van der Waals surface area contributed by atoms with Crippen molar-refractivity contribution < 1.29 is 23.9 Å². The van der Waals surface area contributed by atoms with Gasteiger partial charge in [-0.05, 0) is 30.7 Å². The van der Waals surface area contributed by atoms with Crippen LogP contribution in [0.25, 0.3) is 6.08 Å². The SMILES string of the molecule is Cn1cc(C(=O)c2ccccc2F)cc1C=C1SC(=S)N(CCCC(=O)O)C1=O. The molecule has 1 N–H and O–H groups in total. The number of carbonyl (C=O) groups excluding carboxylic acids is 2. The first-order valence-electron chi connectivity index (χ1n) is 8.70. The van der Waals surface area contributed by atoms with Crippen molar-refractivity contribution in [2.75, 3.05) is 6.54 Å². The van der Waals surface area contributed by atoms with Crippen molar-refractivity contribution in [2.45, 2.75) is 12.8 Å². The van der Waals surface area contributed by atoms with Crippen molar-refractivity contribution in [2.24, 2.45) is 7.05 Å². The minimum Gasteiger partial charge on any atom is -0.481 e. The summed E-state index contributed by atoms with van der Waals surface area (Å²) in [6, 6.07) is 7.35. The van der Waals surface area contributed by atoms with Crippen LogP contribution in [-0.2, 0) is 16.6 Å². The summed E-state index contributed by atoms with van der Waals surface area (Å²) in [5, 5.41) is 8.74. The average molecular weight is 432 g/mol. The number of hydrogen-bond acceptors (Lipinski definition) is 5. The summed E-state index contributed by atoms with van der Waals surface area (Å²) in [4.78, 5) is 37.6. The molecule has 0 spiro atoms. The first kappa shape index (κ1) is 20.9. The van der Waals surface area contributed by atoms with Gasteiger partial charge in [0.25, 0.3) is 5.91 Å². The van der Waals surface area contributed by atoms with Crippen LogP contribution in [0.3, 0.4) is 0 Å². The number of carboxylic acid groups (broad SMARTS) is 1. The predicted molar refractivity (Wildman–Crippen MR) is 112 cm³/mol. The van der Waals surface area contributed by atoms with Gasteiger partial charge in [0.2, 0.25) is 0 Å². The molecular formula is C20H17FN2O4S2. The van der Waals surface area contributed by atoms with Crippen molar-refractivity contribution in [3.63, 3.8) is 0 Å². The normalized spacial score (nSPS) is 15.4. The van der Waals surface area contributed by atoms with E-state index in [0.717, 1.165) is 11.8 Å². The van der Waals surface area contributed by atoms with Crippen molar-refractivity contribution in [3.8, 4) is 0 Å². The van der Waals surface area contributed by atoms with Crippen LogP contribution in [0.5, 0.6) is 0 Å². The maximum absolute atomic E-state index is 13.9. The number of carboxylic acids is 1. The Morgan fingerprint density at radius 2 is 2.03 bits per heavy atom. The summed E-state index contributed by atoms with van der Waals surface area (Å²) in [5.74, 6) is -2.26. The Bertz CT molecular complexity index is 1040. The lowest BCUT2D eigenvalue weighted by molar-refractivity contribution is -0.137. The number of nitrogens with zero attached hydrogens (tertiary/aromatic N) is 2. The molecule has 1 aromatic carbocycles. The van der Waals surface area contributed by atoms with Gasteiger partial charge in [0.05, 0.1) is 10.5 Å². The smallest absolute Gasteiger partial charge is 0.303 e. The fraction of sp³-hybridized carbons (Fsp3) is 0.200. The third-order valence-electron chi connectivity index (χ3n) is 4.35. The Morgan fingerprint density at radius 1 is 1.31 bits per heavy atom. The third kappa shape index (κ3) is 4.63. The number of aliphatic carboxylic acids is 1. The van der Waals surface area contributed by atoms with Gasteiger partial charge in [0.1, 0.15) is 10.1 Å². The molecule has 150 valence electrons. The lowest BCUT2D eigenvalue weighted by atomic mass is 10.1. The van der Waals surface area contributed by atoms with E-state index in [2.05, 4.69) is 0 Å². The van der Waals surface area contributed by atoms with E-state index in [0.29, 0.717) is 26.9 Å². The van der Waals surface area contributed by atoms with Crippen LogP contribution in [-0.4, -0.2) is 43.1 Å². The van der Waals surface area contributed by atoms with Gasteiger partial charge in [0.15, 0.2) is 5.78 Å². The molecule has 1 aromatic heterocycles. The van der Waals surface area contributed by atoms with Gasteiger partial charge in [-0.3, -0.25) is 19.3 Å². The van der Waals surface area contributed by atoms with Crippen molar-refractivity contribution in [3.05, 3.63) is 64.1 Å². The fourth-order valence-electron chi connectivity index (χ4n) is 2.87. The monoisotopic (exact) mass is 432 g/mol. The standard InChI is InChI=1S/C20H17FN2O4S2/c1-22-11-12(18(26)14-5-2-3-6-15(14)21)9-13(22)10-16-19(27)23(20(28)29-16)8-4-7-17(24)25/h2-3,5-6,9-11H,4,7-8H2,1H3,(H,24,25). The number of benzene rings is 1. The van der Waals surface area contributed by atoms with Crippen molar-refractivity contribution in [1.29, 1.82) is 0 Å². The van der Waals surface area contributed by atoms with Crippen LogP contribution < -0.4 is 0 Å². The van der Waals surface area contributed by atoms with Gasteiger partial charge >= 0.3 is 5.97 Å². The maximum atomic E-state index is 13.9. The highest BCUT2D eigenvalue weighted by atomic mass is 32.2. The second kappa shape index (κ2) is 8.71. The quantitative estimate of drug-likeness (QED) is 0.410. The molecule has 1 fully saturated rings. The molecule has 0 aliphatic carbocycles. The summed E-state index contributed by atoms with van der Waals surface area (Å²) in [6.45, 7) is 0.235. The lowest BCUT2D eigenvalue weighted by Gasteiger charge is -2.13. The number of rotatable bonds is 7.